The van der Waals surface area contributed by atoms with Crippen LogP contribution in [0.25, 0.3) is 28.5 Å². The van der Waals surface area contributed by atoms with Crippen molar-refractivity contribution in [3.8, 4) is 11.4 Å². The molecule has 0 radical (unpaired) electrons. The molecular weight excluding hydrogens is 430 g/mol. The van der Waals surface area contributed by atoms with Gasteiger partial charge in [-0.3, -0.25) is 14.9 Å². The number of nitro groups is 1. The van der Waals surface area contributed by atoms with Gasteiger partial charge >= 0.3 is 0 Å². The molecule has 4 aromatic rings. The number of imidazole rings is 1. The van der Waals surface area contributed by atoms with Gasteiger partial charge in [-0.25, -0.2) is 9.97 Å². The second kappa shape index (κ2) is 8.90. The van der Waals surface area contributed by atoms with Gasteiger partial charge in [0.2, 0.25) is 5.91 Å². The van der Waals surface area contributed by atoms with Crippen LogP contribution in [-0.4, -0.2) is 37.0 Å². The smallest absolute Gasteiger partial charge is 0.271 e. The zero-order valence-electron chi connectivity index (χ0n) is 16.8. The number of fused-ring (bicyclic) bond motifs is 1. The molecule has 0 unspecified atom stereocenters. The van der Waals surface area contributed by atoms with Crippen LogP contribution in [0.3, 0.4) is 0 Å². The van der Waals surface area contributed by atoms with Crippen molar-refractivity contribution >= 4 is 46.2 Å². The average Bonchev–Trinajstić information content (AvgIpc) is 3.14. The SMILES string of the molecule is CSc1ccc(/C=C/C(=O)Nc2ccc(-c3nc4ccc([N+](=O)[O-])cc4n3O)cc2)cn1. The van der Waals surface area contributed by atoms with Crippen molar-refractivity contribution < 1.29 is 14.9 Å². The van der Waals surface area contributed by atoms with Crippen molar-refractivity contribution in [2.24, 2.45) is 0 Å². The average molecular weight is 447 g/mol. The highest BCUT2D eigenvalue weighted by molar-refractivity contribution is 7.98. The number of rotatable bonds is 6. The first-order chi connectivity index (χ1) is 15.4. The fourth-order valence-corrected chi connectivity index (χ4v) is 3.38. The van der Waals surface area contributed by atoms with Crippen molar-refractivity contribution in [1.82, 2.24) is 14.7 Å². The summed E-state index contributed by atoms with van der Waals surface area (Å²) >= 11 is 1.54. The molecule has 32 heavy (non-hydrogen) atoms. The fourth-order valence-electron chi connectivity index (χ4n) is 3.02. The number of pyridine rings is 1. The summed E-state index contributed by atoms with van der Waals surface area (Å²) in [5.74, 6) is -0.0622. The van der Waals surface area contributed by atoms with E-state index in [2.05, 4.69) is 15.3 Å². The van der Waals surface area contributed by atoms with Crippen LogP contribution < -0.4 is 5.32 Å². The number of nitrogens with one attached hydrogen (secondary N) is 1. The van der Waals surface area contributed by atoms with Gasteiger partial charge in [-0.05, 0) is 54.3 Å². The van der Waals surface area contributed by atoms with Crippen LogP contribution in [0.4, 0.5) is 11.4 Å². The van der Waals surface area contributed by atoms with Crippen molar-refractivity contribution in [3.05, 3.63) is 82.5 Å². The molecule has 0 fully saturated rings. The van der Waals surface area contributed by atoms with E-state index in [1.165, 1.54) is 24.3 Å². The van der Waals surface area contributed by atoms with Gasteiger partial charge < -0.3 is 10.5 Å². The highest BCUT2D eigenvalue weighted by atomic mass is 32.2. The monoisotopic (exact) mass is 447 g/mol. The third-order valence-electron chi connectivity index (χ3n) is 4.63. The van der Waals surface area contributed by atoms with Crippen LogP contribution >= 0.6 is 11.8 Å². The number of nitrogens with zero attached hydrogens (tertiary/aromatic N) is 4. The molecular formula is C22H17N5O4S. The van der Waals surface area contributed by atoms with E-state index in [9.17, 15) is 20.1 Å². The zero-order chi connectivity index (χ0) is 22.7. The number of hydrogen-bond donors (Lipinski definition) is 2. The van der Waals surface area contributed by atoms with E-state index in [1.807, 2.05) is 18.4 Å². The Balaban J connectivity index is 1.48. The Hall–Kier alpha value is -4.18. The van der Waals surface area contributed by atoms with Crippen LogP contribution in [0, 0.1) is 10.1 Å². The molecule has 1 amide bonds. The summed E-state index contributed by atoms with van der Waals surface area (Å²) < 4.78 is 0.814. The highest BCUT2D eigenvalue weighted by Crippen LogP contribution is 2.27. The minimum absolute atomic E-state index is 0.138. The number of thioether (sulfide) groups is 1. The molecule has 2 aromatic carbocycles. The summed E-state index contributed by atoms with van der Waals surface area (Å²) in [5.41, 5.74) is 2.49. The van der Waals surface area contributed by atoms with Gasteiger partial charge in [0.15, 0.2) is 5.82 Å². The van der Waals surface area contributed by atoms with E-state index in [0.29, 0.717) is 16.8 Å². The first kappa shape index (κ1) is 21.1. The third-order valence-corrected chi connectivity index (χ3v) is 5.29. The Morgan fingerprint density at radius 3 is 2.62 bits per heavy atom. The number of aromatic nitrogens is 3. The molecule has 160 valence electrons. The molecule has 0 saturated carbocycles. The number of hydrogen-bond acceptors (Lipinski definition) is 7. The van der Waals surface area contributed by atoms with Crippen molar-refractivity contribution in [2.45, 2.75) is 5.03 Å². The van der Waals surface area contributed by atoms with Gasteiger partial charge in [-0.2, -0.15) is 4.73 Å². The molecule has 0 saturated heterocycles. The van der Waals surface area contributed by atoms with Crippen molar-refractivity contribution in [2.75, 3.05) is 11.6 Å². The first-order valence-electron chi connectivity index (χ1n) is 9.40. The molecule has 10 heteroatoms. The molecule has 0 bridgehead atoms. The minimum atomic E-state index is -0.534. The van der Waals surface area contributed by atoms with Crippen LogP contribution in [0.5, 0.6) is 0 Å². The van der Waals surface area contributed by atoms with Gasteiger partial charge in [0, 0.05) is 35.7 Å². The summed E-state index contributed by atoms with van der Waals surface area (Å²) in [7, 11) is 0. The maximum atomic E-state index is 12.2. The number of carbonyl (C=O) groups excluding carboxylic acids is 1. The van der Waals surface area contributed by atoms with E-state index < -0.39 is 4.92 Å². The first-order valence-corrected chi connectivity index (χ1v) is 10.6. The zero-order valence-corrected chi connectivity index (χ0v) is 17.6. The predicted octanol–water partition coefficient (Wildman–Crippen LogP) is 4.62. The third kappa shape index (κ3) is 4.44. The van der Waals surface area contributed by atoms with Crippen LogP contribution in [0.2, 0.25) is 0 Å². The standard InChI is InChI=1S/C22H17N5O4S/c1-32-21-11-3-14(13-23-21)2-10-20(28)24-16-6-4-15(5-7-16)22-25-18-9-8-17(27(30)31)12-19(18)26(22)29/h2-13,29H,1H3,(H,24,28)/b10-2+. The normalized spacial score (nSPS) is 11.2. The molecule has 2 aromatic heterocycles. The van der Waals surface area contributed by atoms with Gasteiger partial charge in [0.1, 0.15) is 5.52 Å². The molecule has 0 aliphatic carbocycles. The molecule has 0 aliphatic rings. The lowest BCUT2D eigenvalue weighted by Gasteiger charge is -2.05. The van der Waals surface area contributed by atoms with Crippen LogP contribution in [-0.2, 0) is 4.79 Å². The number of nitro benzene ring substituents is 1. The second-order valence-electron chi connectivity index (χ2n) is 6.71. The molecule has 0 aliphatic heterocycles. The molecule has 0 atom stereocenters. The lowest BCUT2D eigenvalue weighted by molar-refractivity contribution is -0.384. The van der Waals surface area contributed by atoms with Crippen molar-refractivity contribution in [3.63, 3.8) is 0 Å². The number of anilines is 1. The lowest BCUT2D eigenvalue weighted by Crippen LogP contribution is -2.07. The number of amides is 1. The summed E-state index contributed by atoms with van der Waals surface area (Å²) in [6, 6.07) is 14.6. The van der Waals surface area contributed by atoms with Gasteiger partial charge in [0.25, 0.3) is 5.69 Å². The van der Waals surface area contributed by atoms with Crippen LogP contribution in [0.15, 0.2) is 71.9 Å². The molecule has 4 rings (SSSR count). The highest BCUT2D eigenvalue weighted by Gasteiger charge is 2.15. The topological polar surface area (TPSA) is 123 Å². The van der Waals surface area contributed by atoms with Gasteiger partial charge in [0.05, 0.1) is 15.5 Å². The fraction of sp³-hybridized carbons (Fsp3) is 0.0455. The van der Waals surface area contributed by atoms with E-state index >= 15 is 0 Å². The maximum Gasteiger partial charge on any atom is 0.271 e. The number of non-ortho nitro benzene ring substituents is 1. The quantitative estimate of drug-likeness (QED) is 0.145. The number of carbonyl (C=O) groups is 1. The summed E-state index contributed by atoms with van der Waals surface area (Å²) in [5, 5.41) is 25.0. The molecule has 2 N–H and O–H groups in total. The minimum Gasteiger partial charge on any atom is -0.426 e. The summed E-state index contributed by atoms with van der Waals surface area (Å²) in [6.07, 6.45) is 6.73. The maximum absolute atomic E-state index is 12.2. The Labute approximate surface area is 186 Å². The van der Waals surface area contributed by atoms with E-state index in [1.54, 1.807) is 48.3 Å². The Kier molecular flexibility index (Phi) is 5.86. The number of benzene rings is 2. The van der Waals surface area contributed by atoms with Crippen molar-refractivity contribution in [1.29, 1.82) is 0 Å². The second-order valence-corrected chi connectivity index (χ2v) is 7.54. The van der Waals surface area contributed by atoms with E-state index in [4.69, 9.17) is 0 Å². The largest absolute Gasteiger partial charge is 0.426 e. The Bertz CT molecular complexity index is 1330. The van der Waals surface area contributed by atoms with E-state index in [0.717, 1.165) is 15.3 Å². The lowest BCUT2D eigenvalue weighted by atomic mass is 10.2. The molecule has 2 heterocycles. The van der Waals surface area contributed by atoms with E-state index in [-0.39, 0.29) is 22.9 Å². The molecule has 0 spiro atoms. The summed E-state index contributed by atoms with van der Waals surface area (Å²) in [4.78, 5) is 31.2. The van der Waals surface area contributed by atoms with Gasteiger partial charge in [-0.15, -0.1) is 11.8 Å². The Morgan fingerprint density at radius 1 is 1.19 bits per heavy atom. The summed E-state index contributed by atoms with van der Waals surface area (Å²) in [6.45, 7) is 0. The van der Waals surface area contributed by atoms with Gasteiger partial charge in [-0.1, -0.05) is 6.07 Å². The predicted molar refractivity (Wildman–Crippen MR) is 123 cm³/mol. The Morgan fingerprint density at radius 2 is 1.97 bits per heavy atom. The van der Waals surface area contributed by atoms with Crippen LogP contribution in [0.1, 0.15) is 5.56 Å². The molecule has 9 nitrogen and oxygen atoms in total.